The van der Waals surface area contributed by atoms with Crippen molar-refractivity contribution in [1.82, 2.24) is 15.3 Å². The Labute approximate surface area is 136 Å². The number of hydrogen-bond acceptors (Lipinski definition) is 6. The molecule has 2 aromatic heterocycles. The van der Waals surface area contributed by atoms with E-state index in [1.54, 1.807) is 5.38 Å². The van der Waals surface area contributed by atoms with E-state index in [4.69, 9.17) is 0 Å². The predicted molar refractivity (Wildman–Crippen MR) is 86.9 cm³/mol. The molecular weight excluding hydrogens is 320 g/mol. The van der Waals surface area contributed by atoms with Gasteiger partial charge in [-0.05, 0) is 0 Å². The first kappa shape index (κ1) is 15.1. The van der Waals surface area contributed by atoms with Crippen LogP contribution in [0.2, 0.25) is 0 Å². The molecule has 0 bridgehead atoms. The lowest BCUT2D eigenvalue weighted by Crippen LogP contribution is -2.30. The molecule has 2 aromatic rings. The number of carbonyl (C=O) groups is 2. The van der Waals surface area contributed by atoms with Crippen LogP contribution in [0.5, 0.6) is 0 Å². The Morgan fingerprint density at radius 1 is 1.36 bits per heavy atom. The second-order valence-electron chi connectivity index (χ2n) is 6.04. The van der Waals surface area contributed by atoms with Crippen molar-refractivity contribution in [2.24, 2.45) is 0 Å². The van der Waals surface area contributed by atoms with Gasteiger partial charge in [-0.15, -0.1) is 11.3 Å². The SMILES string of the molecule is CC(C)(C)c1nc(C(=O)Nc2nc3c(s2)C(=O)NCC3)cs1. The van der Waals surface area contributed by atoms with Crippen LogP contribution in [0, 0.1) is 0 Å². The maximum Gasteiger partial charge on any atom is 0.276 e. The fourth-order valence-electron chi connectivity index (χ4n) is 2.01. The molecule has 0 saturated carbocycles. The highest BCUT2D eigenvalue weighted by molar-refractivity contribution is 7.17. The molecule has 0 atom stereocenters. The summed E-state index contributed by atoms with van der Waals surface area (Å²) in [4.78, 5) is 33.2. The van der Waals surface area contributed by atoms with Gasteiger partial charge in [0.05, 0.1) is 10.7 Å². The van der Waals surface area contributed by atoms with Crippen LogP contribution in [0.15, 0.2) is 5.38 Å². The number of carbonyl (C=O) groups excluding carboxylic acids is 2. The van der Waals surface area contributed by atoms with Crippen molar-refractivity contribution in [2.75, 3.05) is 11.9 Å². The molecule has 0 aromatic carbocycles. The lowest BCUT2D eigenvalue weighted by Gasteiger charge is -2.13. The zero-order chi connectivity index (χ0) is 15.9. The maximum absolute atomic E-state index is 12.2. The van der Waals surface area contributed by atoms with Crippen LogP contribution in [0.4, 0.5) is 5.13 Å². The second-order valence-corrected chi connectivity index (χ2v) is 7.90. The standard InChI is InChI=1S/C14H16N4O2S2/c1-14(2,3)12-16-8(6-21-12)10(19)18-13-17-7-4-5-15-11(20)9(7)22-13/h6H,4-5H2,1-3H3,(H,15,20)(H,17,18,19). The number of rotatable bonds is 2. The predicted octanol–water partition coefficient (Wildman–Crippen LogP) is 2.44. The van der Waals surface area contributed by atoms with Gasteiger partial charge in [-0.2, -0.15) is 0 Å². The van der Waals surface area contributed by atoms with Crippen molar-refractivity contribution in [2.45, 2.75) is 32.6 Å². The molecule has 0 unspecified atom stereocenters. The first-order valence-corrected chi connectivity index (χ1v) is 8.59. The Kier molecular flexibility index (Phi) is 3.73. The monoisotopic (exact) mass is 336 g/mol. The van der Waals surface area contributed by atoms with Gasteiger partial charge in [-0.25, -0.2) is 9.97 Å². The van der Waals surface area contributed by atoms with Crippen molar-refractivity contribution in [1.29, 1.82) is 0 Å². The quantitative estimate of drug-likeness (QED) is 0.882. The number of amides is 2. The highest BCUT2D eigenvalue weighted by Gasteiger charge is 2.24. The van der Waals surface area contributed by atoms with E-state index in [9.17, 15) is 9.59 Å². The molecule has 6 nitrogen and oxygen atoms in total. The minimum Gasteiger partial charge on any atom is -0.351 e. The zero-order valence-electron chi connectivity index (χ0n) is 12.5. The van der Waals surface area contributed by atoms with Crippen molar-refractivity contribution < 1.29 is 9.59 Å². The highest BCUT2D eigenvalue weighted by Crippen LogP contribution is 2.28. The Balaban J connectivity index is 1.77. The third-order valence-electron chi connectivity index (χ3n) is 3.15. The summed E-state index contributed by atoms with van der Waals surface area (Å²) in [5.41, 5.74) is 1.05. The van der Waals surface area contributed by atoms with Gasteiger partial charge in [0.15, 0.2) is 5.13 Å². The minimum absolute atomic E-state index is 0.0818. The van der Waals surface area contributed by atoms with E-state index in [1.165, 1.54) is 22.7 Å². The van der Waals surface area contributed by atoms with Crippen LogP contribution in [0.3, 0.4) is 0 Å². The van der Waals surface area contributed by atoms with Crippen LogP contribution >= 0.6 is 22.7 Å². The molecule has 0 radical (unpaired) electrons. The van der Waals surface area contributed by atoms with Crippen LogP contribution in [0.25, 0.3) is 0 Å². The molecule has 0 spiro atoms. The van der Waals surface area contributed by atoms with Crippen LogP contribution in [-0.2, 0) is 11.8 Å². The minimum atomic E-state index is -0.293. The first-order chi connectivity index (χ1) is 10.3. The first-order valence-electron chi connectivity index (χ1n) is 6.90. The molecule has 2 N–H and O–H groups in total. The summed E-state index contributed by atoms with van der Waals surface area (Å²) in [5.74, 6) is -0.416. The molecule has 8 heteroatoms. The van der Waals surface area contributed by atoms with E-state index in [-0.39, 0.29) is 17.2 Å². The average molecular weight is 336 g/mol. The van der Waals surface area contributed by atoms with E-state index in [1.807, 2.05) is 0 Å². The molecule has 2 amide bonds. The van der Waals surface area contributed by atoms with Gasteiger partial charge in [-0.3, -0.25) is 14.9 Å². The number of nitrogens with one attached hydrogen (secondary N) is 2. The fraction of sp³-hybridized carbons (Fsp3) is 0.429. The number of aromatic nitrogens is 2. The number of anilines is 1. The lowest BCUT2D eigenvalue weighted by atomic mass is 9.98. The van der Waals surface area contributed by atoms with E-state index >= 15 is 0 Å². The lowest BCUT2D eigenvalue weighted by molar-refractivity contribution is 0.0949. The molecule has 1 aliphatic rings. The van der Waals surface area contributed by atoms with Crippen molar-refractivity contribution >= 4 is 39.6 Å². The molecule has 3 rings (SSSR count). The largest absolute Gasteiger partial charge is 0.351 e. The zero-order valence-corrected chi connectivity index (χ0v) is 14.2. The van der Waals surface area contributed by atoms with Gasteiger partial charge < -0.3 is 5.32 Å². The average Bonchev–Trinajstić information content (AvgIpc) is 3.04. The molecule has 1 aliphatic heterocycles. The van der Waals surface area contributed by atoms with Gasteiger partial charge in [0.25, 0.3) is 11.8 Å². The normalized spacial score (nSPS) is 14.4. The van der Waals surface area contributed by atoms with Gasteiger partial charge in [0, 0.05) is 23.8 Å². The maximum atomic E-state index is 12.2. The topological polar surface area (TPSA) is 84.0 Å². The third-order valence-corrected chi connectivity index (χ3v) is 5.43. The summed E-state index contributed by atoms with van der Waals surface area (Å²) >= 11 is 2.67. The summed E-state index contributed by atoms with van der Waals surface area (Å²) in [6.45, 7) is 6.76. The van der Waals surface area contributed by atoms with Gasteiger partial charge in [0.1, 0.15) is 10.6 Å². The summed E-state index contributed by atoms with van der Waals surface area (Å²) in [6, 6.07) is 0. The molecular formula is C14H16N4O2S2. The smallest absolute Gasteiger partial charge is 0.276 e. The van der Waals surface area contributed by atoms with E-state index in [0.29, 0.717) is 28.7 Å². The van der Waals surface area contributed by atoms with Crippen molar-refractivity contribution in [3.05, 3.63) is 26.7 Å². The Hall–Kier alpha value is -1.80. The number of fused-ring (bicyclic) bond motifs is 1. The van der Waals surface area contributed by atoms with Gasteiger partial charge in [0.2, 0.25) is 0 Å². The third kappa shape index (κ3) is 2.89. The molecule has 0 fully saturated rings. The summed E-state index contributed by atoms with van der Waals surface area (Å²) < 4.78 is 0. The number of nitrogens with zero attached hydrogens (tertiary/aromatic N) is 2. The molecule has 0 aliphatic carbocycles. The molecule has 3 heterocycles. The van der Waals surface area contributed by atoms with E-state index in [2.05, 4.69) is 41.4 Å². The summed E-state index contributed by atoms with van der Waals surface area (Å²) in [5, 5.41) is 8.60. The van der Waals surface area contributed by atoms with Crippen LogP contribution in [0.1, 0.15) is 51.6 Å². The Bertz CT molecular complexity index is 742. The summed E-state index contributed by atoms with van der Waals surface area (Å²) in [6.07, 6.45) is 0.693. The van der Waals surface area contributed by atoms with E-state index in [0.717, 1.165) is 10.7 Å². The van der Waals surface area contributed by atoms with Crippen molar-refractivity contribution in [3.63, 3.8) is 0 Å². The number of thiazole rings is 2. The second kappa shape index (κ2) is 5.44. The fourth-order valence-corrected chi connectivity index (χ4v) is 3.82. The van der Waals surface area contributed by atoms with Crippen LogP contribution in [-0.4, -0.2) is 28.3 Å². The van der Waals surface area contributed by atoms with Gasteiger partial charge in [-0.1, -0.05) is 32.1 Å². The van der Waals surface area contributed by atoms with Gasteiger partial charge >= 0.3 is 0 Å². The molecule has 22 heavy (non-hydrogen) atoms. The Morgan fingerprint density at radius 2 is 2.14 bits per heavy atom. The Morgan fingerprint density at radius 3 is 2.77 bits per heavy atom. The van der Waals surface area contributed by atoms with Crippen molar-refractivity contribution in [3.8, 4) is 0 Å². The number of hydrogen-bond donors (Lipinski definition) is 2. The molecule has 116 valence electrons. The summed E-state index contributed by atoms with van der Waals surface area (Å²) in [7, 11) is 0. The highest BCUT2D eigenvalue weighted by atomic mass is 32.1. The van der Waals surface area contributed by atoms with Crippen LogP contribution < -0.4 is 10.6 Å². The van der Waals surface area contributed by atoms with E-state index < -0.39 is 0 Å². The molecule has 0 saturated heterocycles.